The van der Waals surface area contributed by atoms with E-state index in [9.17, 15) is 29.1 Å². The van der Waals surface area contributed by atoms with E-state index in [4.69, 9.17) is 16.6 Å². The monoisotopic (exact) mass is 423 g/mol. The zero-order chi connectivity index (χ0) is 22.7. The number of benzene rings is 1. The summed E-state index contributed by atoms with van der Waals surface area (Å²) in [5.41, 5.74) is 11.5. The van der Waals surface area contributed by atoms with Gasteiger partial charge in [-0.15, -0.1) is 0 Å². The number of nitrogens with two attached hydrogens (primary N) is 2. The minimum absolute atomic E-state index is 0.0757. The molecule has 12 heteroatoms. The zero-order valence-corrected chi connectivity index (χ0v) is 16.1. The van der Waals surface area contributed by atoms with E-state index >= 15 is 0 Å². The van der Waals surface area contributed by atoms with Gasteiger partial charge in [-0.2, -0.15) is 0 Å². The molecule has 30 heavy (non-hydrogen) atoms. The lowest BCUT2D eigenvalue weighted by atomic mass is 10.1. The predicted molar refractivity (Wildman–Crippen MR) is 104 cm³/mol. The van der Waals surface area contributed by atoms with Crippen LogP contribution in [0, 0.1) is 0 Å². The van der Waals surface area contributed by atoms with Crippen LogP contribution >= 0.6 is 0 Å². The van der Waals surface area contributed by atoms with Crippen LogP contribution < -0.4 is 27.4 Å². The minimum Gasteiger partial charge on any atom is -0.508 e. The number of aliphatic carboxylic acids is 1. The van der Waals surface area contributed by atoms with Gasteiger partial charge in [0, 0.05) is 6.42 Å². The van der Waals surface area contributed by atoms with Crippen molar-refractivity contribution in [3.05, 3.63) is 29.8 Å². The number of hydrogen-bond acceptors (Lipinski definition) is 7. The molecule has 0 saturated carbocycles. The fourth-order valence-electron chi connectivity index (χ4n) is 2.36. The fourth-order valence-corrected chi connectivity index (χ4v) is 2.36. The molecule has 0 radical (unpaired) electrons. The molecule has 0 fully saturated rings. The molecule has 164 valence electrons. The number of carbonyl (C=O) groups is 5. The number of amides is 4. The van der Waals surface area contributed by atoms with Gasteiger partial charge in [-0.1, -0.05) is 12.1 Å². The highest BCUT2D eigenvalue weighted by atomic mass is 16.4. The summed E-state index contributed by atoms with van der Waals surface area (Å²) in [4.78, 5) is 57.6. The van der Waals surface area contributed by atoms with Crippen LogP contribution in [0.15, 0.2) is 24.3 Å². The maximum absolute atomic E-state index is 12.1. The van der Waals surface area contributed by atoms with Crippen LogP contribution in [0.3, 0.4) is 0 Å². The van der Waals surface area contributed by atoms with Gasteiger partial charge in [0.05, 0.1) is 12.6 Å². The van der Waals surface area contributed by atoms with Crippen molar-refractivity contribution in [3.8, 4) is 5.75 Å². The Bertz CT molecular complexity index is 782. The number of carboxylic acid groups (broad SMARTS) is 1. The average molecular weight is 423 g/mol. The van der Waals surface area contributed by atoms with Crippen molar-refractivity contribution in [2.45, 2.75) is 31.3 Å². The zero-order valence-electron chi connectivity index (χ0n) is 16.1. The lowest BCUT2D eigenvalue weighted by molar-refractivity contribution is -0.138. The third kappa shape index (κ3) is 9.50. The molecule has 0 aliphatic rings. The first kappa shape index (κ1) is 24.4. The van der Waals surface area contributed by atoms with Gasteiger partial charge in [-0.05, 0) is 30.5 Å². The van der Waals surface area contributed by atoms with Crippen molar-refractivity contribution in [1.29, 1.82) is 0 Å². The van der Waals surface area contributed by atoms with Crippen molar-refractivity contribution in [2.75, 3.05) is 13.1 Å². The summed E-state index contributed by atoms with van der Waals surface area (Å²) < 4.78 is 0. The van der Waals surface area contributed by atoms with Crippen LogP contribution in [0.1, 0.15) is 18.4 Å². The molecule has 0 aliphatic heterocycles. The molecule has 1 aromatic carbocycles. The number of nitrogens with one attached hydrogen (secondary N) is 3. The standard InChI is InChI=1S/C18H25N5O7/c19-12(7-10-1-3-11(24)4-2-10)17(29)21-8-15(26)23-13(5-6-14(20)25)18(30)22-9-16(27)28/h1-4,12-13,24H,5-9,19H2,(H2,20,25)(H,21,29)(H,22,30)(H,23,26)(H,27,28)/t12-,13-/m0/s1. The molecule has 0 saturated heterocycles. The second kappa shape index (κ2) is 12.0. The topological polar surface area (TPSA) is 214 Å². The van der Waals surface area contributed by atoms with Crippen LogP contribution in [0.4, 0.5) is 0 Å². The van der Waals surface area contributed by atoms with Crippen molar-refractivity contribution in [2.24, 2.45) is 11.5 Å². The average Bonchev–Trinajstić information content (AvgIpc) is 2.68. The van der Waals surface area contributed by atoms with Crippen molar-refractivity contribution in [3.63, 3.8) is 0 Å². The summed E-state index contributed by atoms with van der Waals surface area (Å²) in [6.07, 6.45) is -0.178. The highest BCUT2D eigenvalue weighted by Gasteiger charge is 2.22. The van der Waals surface area contributed by atoms with Gasteiger partial charge in [-0.25, -0.2) is 0 Å². The number of primary amides is 1. The Morgan fingerprint density at radius 2 is 1.57 bits per heavy atom. The Morgan fingerprint density at radius 1 is 0.967 bits per heavy atom. The van der Waals surface area contributed by atoms with Gasteiger partial charge in [0.15, 0.2) is 0 Å². The maximum atomic E-state index is 12.1. The Hall–Kier alpha value is -3.67. The molecule has 12 nitrogen and oxygen atoms in total. The Morgan fingerprint density at radius 3 is 2.13 bits per heavy atom. The first-order valence-corrected chi connectivity index (χ1v) is 8.97. The van der Waals surface area contributed by atoms with E-state index in [1.807, 2.05) is 0 Å². The molecule has 4 amide bonds. The van der Waals surface area contributed by atoms with E-state index in [-0.39, 0.29) is 25.0 Å². The normalized spacial score (nSPS) is 12.3. The van der Waals surface area contributed by atoms with Gasteiger partial charge in [0.2, 0.25) is 23.6 Å². The van der Waals surface area contributed by atoms with Gasteiger partial charge >= 0.3 is 5.97 Å². The molecular formula is C18H25N5O7. The lowest BCUT2D eigenvalue weighted by Crippen LogP contribution is -2.52. The van der Waals surface area contributed by atoms with Crippen LogP contribution in [0.25, 0.3) is 0 Å². The molecule has 0 heterocycles. The number of phenolic OH excluding ortho intramolecular Hbond substituents is 1. The molecule has 0 spiro atoms. The molecule has 0 aliphatic carbocycles. The van der Waals surface area contributed by atoms with Crippen molar-refractivity contribution >= 4 is 29.6 Å². The summed E-state index contributed by atoms with van der Waals surface area (Å²) >= 11 is 0. The smallest absolute Gasteiger partial charge is 0.322 e. The first-order valence-electron chi connectivity index (χ1n) is 8.97. The highest BCUT2D eigenvalue weighted by molar-refractivity contribution is 5.92. The summed E-state index contributed by atoms with van der Waals surface area (Å²) in [5, 5.41) is 24.6. The second-order valence-corrected chi connectivity index (χ2v) is 6.43. The van der Waals surface area contributed by atoms with Crippen molar-refractivity contribution < 1.29 is 34.2 Å². The number of carboxylic acids is 1. The number of rotatable bonds is 12. The van der Waals surface area contributed by atoms with Gasteiger partial charge in [0.25, 0.3) is 0 Å². The van der Waals surface area contributed by atoms with Crippen LogP contribution in [0.5, 0.6) is 5.75 Å². The predicted octanol–water partition coefficient (Wildman–Crippen LogP) is -2.67. The number of hydrogen-bond donors (Lipinski definition) is 7. The van der Waals surface area contributed by atoms with E-state index in [1.165, 1.54) is 12.1 Å². The molecule has 1 rings (SSSR count). The van der Waals surface area contributed by atoms with Crippen LogP contribution in [-0.2, 0) is 30.4 Å². The van der Waals surface area contributed by atoms with E-state index in [1.54, 1.807) is 12.1 Å². The number of aromatic hydroxyl groups is 1. The summed E-state index contributed by atoms with van der Waals surface area (Å²) in [7, 11) is 0. The van der Waals surface area contributed by atoms with Crippen LogP contribution in [-0.4, -0.2) is 65.0 Å². The third-order valence-electron chi connectivity index (χ3n) is 3.90. The molecular weight excluding hydrogens is 398 g/mol. The second-order valence-electron chi connectivity index (χ2n) is 6.43. The number of carbonyl (C=O) groups excluding carboxylic acids is 4. The first-order chi connectivity index (χ1) is 14.1. The quantitative estimate of drug-likeness (QED) is 0.188. The molecule has 2 atom stereocenters. The Kier molecular flexibility index (Phi) is 9.76. The van der Waals surface area contributed by atoms with Crippen molar-refractivity contribution in [1.82, 2.24) is 16.0 Å². The Balaban J connectivity index is 2.54. The highest BCUT2D eigenvalue weighted by Crippen LogP contribution is 2.10. The minimum atomic E-state index is -1.28. The fraction of sp³-hybridized carbons (Fsp3) is 0.389. The summed E-state index contributed by atoms with van der Waals surface area (Å²) in [5.74, 6) is -4.05. The summed E-state index contributed by atoms with van der Waals surface area (Å²) in [6.45, 7) is -1.15. The van der Waals surface area contributed by atoms with E-state index in [0.29, 0.717) is 5.56 Å². The maximum Gasteiger partial charge on any atom is 0.322 e. The van der Waals surface area contributed by atoms with E-state index in [2.05, 4.69) is 16.0 Å². The molecule has 9 N–H and O–H groups in total. The SMILES string of the molecule is NC(=O)CC[C@H](NC(=O)CNC(=O)[C@@H](N)Cc1ccc(O)cc1)C(=O)NCC(=O)O. The van der Waals surface area contributed by atoms with Gasteiger partial charge in [0.1, 0.15) is 18.3 Å². The third-order valence-corrected chi connectivity index (χ3v) is 3.90. The lowest BCUT2D eigenvalue weighted by Gasteiger charge is -2.18. The molecule has 1 aromatic rings. The Labute approximate surface area is 172 Å². The van der Waals surface area contributed by atoms with Gasteiger partial charge in [-0.3, -0.25) is 24.0 Å². The molecule has 0 unspecified atom stereocenters. The largest absolute Gasteiger partial charge is 0.508 e. The number of phenols is 1. The van der Waals surface area contributed by atoms with Crippen LogP contribution in [0.2, 0.25) is 0 Å². The molecule has 0 aromatic heterocycles. The van der Waals surface area contributed by atoms with E-state index in [0.717, 1.165) is 0 Å². The summed E-state index contributed by atoms with van der Waals surface area (Å²) in [6, 6.07) is 3.96. The molecule has 0 bridgehead atoms. The van der Waals surface area contributed by atoms with Gasteiger partial charge < -0.3 is 37.6 Å². The van der Waals surface area contributed by atoms with E-state index < -0.39 is 54.8 Å².